The molecule has 1 N–H and O–H groups in total. The number of rotatable bonds is 6. The first-order chi connectivity index (χ1) is 9.04. The van der Waals surface area contributed by atoms with Crippen LogP contribution in [0.5, 0.6) is 5.75 Å². The van der Waals surface area contributed by atoms with Crippen LogP contribution in [0.25, 0.3) is 0 Å². The van der Waals surface area contributed by atoms with E-state index in [-0.39, 0.29) is 6.10 Å². The Morgan fingerprint density at radius 2 is 2.11 bits per heavy atom. The summed E-state index contributed by atoms with van der Waals surface area (Å²) in [4.78, 5) is 2.22. The molecule has 0 bridgehead atoms. The molecule has 0 amide bonds. The predicted octanol–water partition coefficient (Wildman–Crippen LogP) is 3.07. The third-order valence-corrected chi connectivity index (χ3v) is 3.94. The van der Waals surface area contributed by atoms with Gasteiger partial charge in [0.25, 0.3) is 0 Å². The van der Waals surface area contributed by atoms with E-state index >= 15 is 0 Å². The molecule has 0 spiro atoms. The van der Waals surface area contributed by atoms with E-state index in [1.807, 2.05) is 0 Å². The van der Waals surface area contributed by atoms with Crippen molar-refractivity contribution < 1.29 is 9.84 Å². The Morgan fingerprint density at radius 3 is 2.74 bits per heavy atom. The number of halogens is 2. The van der Waals surface area contributed by atoms with Crippen molar-refractivity contribution in [1.29, 1.82) is 0 Å². The molecule has 0 radical (unpaired) electrons. The van der Waals surface area contributed by atoms with Crippen molar-refractivity contribution in [3.05, 3.63) is 28.2 Å². The van der Waals surface area contributed by atoms with Gasteiger partial charge in [-0.3, -0.25) is 0 Å². The standard InChI is InChI=1S/C14H19Cl2NO2/c1-17(9-10-6-12(18)7-10)4-5-19-14-3-2-11(15)8-13(14)16/h2-3,8,10,12,18H,4-7,9H2,1H3. The van der Waals surface area contributed by atoms with Crippen molar-refractivity contribution in [2.75, 3.05) is 26.7 Å². The van der Waals surface area contributed by atoms with Crippen molar-refractivity contribution in [2.45, 2.75) is 18.9 Å². The Kier molecular flexibility index (Phi) is 5.34. The van der Waals surface area contributed by atoms with Gasteiger partial charge in [-0.15, -0.1) is 0 Å². The fourth-order valence-electron chi connectivity index (χ4n) is 2.29. The van der Waals surface area contributed by atoms with Gasteiger partial charge in [0, 0.05) is 18.1 Å². The third-order valence-electron chi connectivity index (χ3n) is 3.41. The molecule has 1 aromatic rings. The molecule has 19 heavy (non-hydrogen) atoms. The normalized spacial score (nSPS) is 22.4. The first-order valence-corrected chi connectivity index (χ1v) is 7.24. The van der Waals surface area contributed by atoms with Crippen LogP contribution in [0.4, 0.5) is 0 Å². The second-order valence-electron chi connectivity index (χ2n) is 5.18. The lowest BCUT2D eigenvalue weighted by atomic mass is 9.82. The van der Waals surface area contributed by atoms with E-state index < -0.39 is 0 Å². The zero-order chi connectivity index (χ0) is 13.8. The SMILES string of the molecule is CN(CCOc1ccc(Cl)cc1Cl)CC1CC(O)C1. The fraction of sp³-hybridized carbons (Fsp3) is 0.571. The number of benzene rings is 1. The molecule has 106 valence electrons. The number of likely N-dealkylation sites (N-methyl/N-ethyl adjacent to an activating group) is 1. The number of hydrogen-bond donors (Lipinski definition) is 1. The summed E-state index contributed by atoms with van der Waals surface area (Å²) in [5, 5.41) is 10.4. The highest BCUT2D eigenvalue weighted by atomic mass is 35.5. The molecule has 3 nitrogen and oxygen atoms in total. The largest absolute Gasteiger partial charge is 0.491 e. The summed E-state index contributed by atoms with van der Waals surface area (Å²) in [6.45, 7) is 2.44. The number of ether oxygens (including phenoxy) is 1. The molecule has 0 aliphatic heterocycles. The van der Waals surface area contributed by atoms with Crippen molar-refractivity contribution in [3.63, 3.8) is 0 Å². The molecular formula is C14H19Cl2NO2. The van der Waals surface area contributed by atoms with Crippen LogP contribution in [0.2, 0.25) is 10.0 Å². The molecule has 1 aromatic carbocycles. The zero-order valence-corrected chi connectivity index (χ0v) is 12.5. The van der Waals surface area contributed by atoms with Gasteiger partial charge in [-0.1, -0.05) is 23.2 Å². The minimum absolute atomic E-state index is 0.0810. The van der Waals surface area contributed by atoms with Gasteiger partial charge in [-0.2, -0.15) is 0 Å². The number of aliphatic hydroxyl groups excluding tert-OH is 1. The predicted molar refractivity (Wildman–Crippen MR) is 78.2 cm³/mol. The molecular weight excluding hydrogens is 285 g/mol. The highest BCUT2D eigenvalue weighted by Gasteiger charge is 2.27. The molecule has 0 aromatic heterocycles. The van der Waals surface area contributed by atoms with Crippen LogP contribution in [0.1, 0.15) is 12.8 Å². The first-order valence-electron chi connectivity index (χ1n) is 6.49. The minimum atomic E-state index is -0.0810. The highest BCUT2D eigenvalue weighted by Crippen LogP contribution is 2.28. The van der Waals surface area contributed by atoms with Crippen LogP contribution in [-0.4, -0.2) is 42.9 Å². The van der Waals surface area contributed by atoms with Gasteiger partial charge in [-0.25, -0.2) is 0 Å². The average molecular weight is 304 g/mol. The van der Waals surface area contributed by atoms with Crippen LogP contribution in [-0.2, 0) is 0 Å². The molecule has 1 aliphatic rings. The maximum absolute atomic E-state index is 9.24. The quantitative estimate of drug-likeness (QED) is 0.876. The van der Waals surface area contributed by atoms with Crippen molar-refractivity contribution in [2.24, 2.45) is 5.92 Å². The summed E-state index contributed by atoms with van der Waals surface area (Å²) in [5.41, 5.74) is 0. The monoisotopic (exact) mass is 303 g/mol. The second-order valence-corrected chi connectivity index (χ2v) is 6.02. The van der Waals surface area contributed by atoms with E-state index in [4.69, 9.17) is 27.9 Å². The van der Waals surface area contributed by atoms with Crippen LogP contribution in [0.15, 0.2) is 18.2 Å². The summed E-state index contributed by atoms with van der Waals surface area (Å²) in [6.07, 6.45) is 1.77. The Balaban J connectivity index is 1.68. The van der Waals surface area contributed by atoms with Crippen molar-refractivity contribution in [3.8, 4) is 5.75 Å². The van der Waals surface area contributed by atoms with Crippen LogP contribution in [0.3, 0.4) is 0 Å². The molecule has 0 atom stereocenters. The number of aliphatic hydroxyl groups is 1. The third kappa shape index (κ3) is 4.53. The molecule has 1 fully saturated rings. The van der Waals surface area contributed by atoms with Gasteiger partial charge < -0.3 is 14.7 Å². The summed E-state index contributed by atoms with van der Waals surface area (Å²) in [5.74, 6) is 1.29. The summed E-state index contributed by atoms with van der Waals surface area (Å²) in [6, 6.07) is 5.23. The van der Waals surface area contributed by atoms with E-state index in [1.165, 1.54) is 0 Å². The van der Waals surface area contributed by atoms with Crippen molar-refractivity contribution in [1.82, 2.24) is 4.90 Å². The van der Waals surface area contributed by atoms with Crippen LogP contribution >= 0.6 is 23.2 Å². The maximum atomic E-state index is 9.24. The van der Waals surface area contributed by atoms with E-state index in [2.05, 4.69) is 11.9 Å². The lowest BCUT2D eigenvalue weighted by Crippen LogP contribution is -2.38. The Morgan fingerprint density at radius 1 is 1.37 bits per heavy atom. The smallest absolute Gasteiger partial charge is 0.138 e. The van der Waals surface area contributed by atoms with Gasteiger partial charge >= 0.3 is 0 Å². The number of nitrogens with zero attached hydrogens (tertiary/aromatic N) is 1. The fourth-order valence-corrected chi connectivity index (χ4v) is 2.75. The van der Waals surface area contributed by atoms with Gasteiger partial charge in [0.2, 0.25) is 0 Å². The summed E-state index contributed by atoms with van der Waals surface area (Å²) < 4.78 is 5.64. The zero-order valence-electron chi connectivity index (χ0n) is 11.0. The van der Waals surface area contributed by atoms with Gasteiger partial charge in [-0.05, 0) is 44.0 Å². The summed E-state index contributed by atoms with van der Waals surface area (Å²) >= 11 is 11.9. The lowest BCUT2D eigenvalue weighted by Gasteiger charge is -2.34. The lowest BCUT2D eigenvalue weighted by molar-refractivity contribution is 0.0269. The molecule has 0 heterocycles. The maximum Gasteiger partial charge on any atom is 0.138 e. The highest BCUT2D eigenvalue weighted by molar-refractivity contribution is 6.35. The topological polar surface area (TPSA) is 32.7 Å². The second kappa shape index (κ2) is 6.80. The van der Waals surface area contributed by atoms with Gasteiger partial charge in [0.1, 0.15) is 12.4 Å². The van der Waals surface area contributed by atoms with Gasteiger partial charge in [0.05, 0.1) is 11.1 Å². The van der Waals surface area contributed by atoms with E-state index in [0.29, 0.717) is 28.3 Å². The Labute approximate surface area is 124 Å². The average Bonchev–Trinajstić information content (AvgIpc) is 2.30. The van der Waals surface area contributed by atoms with E-state index in [1.54, 1.807) is 18.2 Å². The van der Waals surface area contributed by atoms with E-state index in [0.717, 1.165) is 25.9 Å². The van der Waals surface area contributed by atoms with E-state index in [9.17, 15) is 5.11 Å². The molecule has 1 saturated carbocycles. The molecule has 5 heteroatoms. The summed E-state index contributed by atoms with van der Waals surface area (Å²) in [7, 11) is 2.07. The van der Waals surface area contributed by atoms with Gasteiger partial charge in [0.15, 0.2) is 0 Å². The van der Waals surface area contributed by atoms with Crippen LogP contribution in [0, 0.1) is 5.92 Å². The first kappa shape index (κ1) is 14.9. The molecule has 0 unspecified atom stereocenters. The van der Waals surface area contributed by atoms with Crippen LogP contribution < -0.4 is 4.74 Å². The molecule has 0 saturated heterocycles. The Bertz CT molecular complexity index is 422. The molecule has 2 rings (SSSR count). The number of hydrogen-bond acceptors (Lipinski definition) is 3. The Hall–Kier alpha value is -0.480. The van der Waals surface area contributed by atoms with Crippen molar-refractivity contribution >= 4 is 23.2 Å². The minimum Gasteiger partial charge on any atom is -0.491 e. The molecule has 1 aliphatic carbocycles.